The second kappa shape index (κ2) is 11.8. The van der Waals surface area contributed by atoms with Gasteiger partial charge in [0.1, 0.15) is 5.69 Å². The van der Waals surface area contributed by atoms with E-state index >= 15 is 0 Å². The van der Waals surface area contributed by atoms with E-state index in [2.05, 4.69) is 57.1 Å². The molecule has 1 aliphatic carbocycles. The maximum absolute atomic E-state index is 13.1. The molecule has 0 saturated carbocycles. The fourth-order valence-electron chi connectivity index (χ4n) is 4.59. The van der Waals surface area contributed by atoms with Gasteiger partial charge in [0.25, 0.3) is 5.91 Å². The van der Waals surface area contributed by atoms with Crippen molar-refractivity contribution in [3.8, 4) is 5.69 Å². The minimum atomic E-state index is -0.0188. The summed E-state index contributed by atoms with van der Waals surface area (Å²) in [7, 11) is 0. The number of fused-ring (bicyclic) bond motifs is 2. The molecule has 2 saturated heterocycles. The average molecular weight is 732 g/mol. The summed E-state index contributed by atoms with van der Waals surface area (Å²) >= 11 is 3.42. The minimum Gasteiger partial charge on any atom is -0.338 e. The summed E-state index contributed by atoms with van der Waals surface area (Å²) in [6.07, 6.45) is 17.9. The third-order valence-electron chi connectivity index (χ3n) is 6.18. The van der Waals surface area contributed by atoms with Gasteiger partial charge < -0.3 is 11.8 Å². The van der Waals surface area contributed by atoms with Gasteiger partial charge in [0.2, 0.25) is 0 Å². The van der Waals surface area contributed by atoms with Crippen LogP contribution in [0.25, 0.3) is 5.69 Å². The number of carbonyl (C=O) groups is 1. The van der Waals surface area contributed by atoms with Crippen molar-refractivity contribution in [2.75, 3.05) is 0 Å². The van der Waals surface area contributed by atoms with E-state index in [-0.39, 0.29) is 43.1 Å². The van der Waals surface area contributed by atoms with Crippen molar-refractivity contribution in [2.45, 2.75) is 58.0 Å². The zero-order valence-corrected chi connectivity index (χ0v) is 24.8. The number of hydrogen-bond acceptors (Lipinski definition) is 4. The topological polar surface area (TPSA) is 63.9 Å². The summed E-state index contributed by atoms with van der Waals surface area (Å²) in [5.41, 5.74) is 3.21. The molecule has 3 atom stereocenters. The van der Waals surface area contributed by atoms with Crippen LogP contribution in [0.2, 0.25) is 0 Å². The molecule has 2 aromatic rings. The van der Waals surface area contributed by atoms with Gasteiger partial charge in [-0.2, -0.15) is 21.8 Å². The molecule has 5 rings (SSSR count). The monoisotopic (exact) mass is 731 g/mol. The molecule has 6 nitrogen and oxygen atoms in total. The number of allylic oxidation sites excluding steroid dienone is 6. The molecular weight excluding hydrogens is 704 g/mol. The van der Waals surface area contributed by atoms with E-state index in [9.17, 15) is 4.79 Å². The van der Waals surface area contributed by atoms with Crippen LogP contribution in [0.1, 0.15) is 55.2 Å². The normalized spacial score (nSPS) is 23.5. The van der Waals surface area contributed by atoms with E-state index < -0.39 is 0 Å². The number of halogens is 1. The Balaban J connectivity index is 0.000000237. The minimum absolute atomic E-state index is 0. The Morgan fingerprint density at radius 3 is 2.64 bits per heavy atom. The second-order valence-corrected chi connectivity index (χ2v) is 9.45. The van der Waals surface area contributed by atoms with Gasteiger partial charge in [-0.05, 0) is 44.7 Å². The first-order valence-electron chi connectivity index (χ1n) is 11.1. The van der Waals surface area contributed by atoms with Crippen LogP contribution in [0.4, 0.5) is 0 Å². The third-order valence-corrected chi connectivity index (χ3v) is 6.77. The van der Waals surface area contributed by atoms with Crippen LogP contribution in [-0.2, 0) is 0 Å². The predicted octanol–water partition coefficient (Wildman–Crippen LogP) is 5.16. The molecule has 2 fully saturated rings. The first kappa shape index (κ1) is 26.1. The molecule has 2 aliphatic heterocycles. The Morgan fingerprint density at radius 2 is 1.97 bits per heavy atom. The average Bonchev–Trinajstić information content (AvgIpc) is 3.49. The van der Waals surface area contributed by atoms with Crippen LogP contribution < -0.4 is 0 Å². The first-order chi connectivity index (χ1) is 15.4. The molecule has 0 N–H and O–H groups in total. The van der Waals surface area contributed by atoms with E-state index in [4.69, 9.17) is 0 Å². The number of pyridine rings is 1. The smallest absolute Gasteiger partial charge is 0.338 e. The molecule has 2 bridgehead atoms. The zero-order chi connectivity index (χ0) is 22.7. The summed E-state index contributed by atoms with van der Waals surface area (Å²) in [5, 5.41) is 8.27. The van der Waals surface area contributed by atoms with Crippen molar-refractivity contribution < 1.29 is 35.9 Å². The Kier molecular flexibility index (Phi) is 9.32. The summed E-state index contributed by atoms with van der Waals surface area (Å²) in [6, 6.07) is 4.28. The van der Waals surface area contributed by atoms with Crippen molar-refractivity contribution in [1.29, 1.82) is 0 Å². The Labute approximate surface area is 228 Å². The molecular formula is C25H28BrN5OU. The quantitative estimate of drug-likeness (QED) is 0.401. The van der Waals surface area contributed by atoms with E-state index in [1.807, 2.05) is 36.1 Å². The Bertz CT molecular complexity index is 1060. The van der Waals surface area contributed by atoms with Crippen LogP contribution >= 0.6 is 15.9 Å². The number of rotatable bonds is 2. The number of carbonyl (C=O) groups excluding carboxylic acids is 1. The third kappa shape index (κ3) is 6.15. The summed E-state index contributed by atoms with van der Waals surface area (Å²) in [4.78, 5) is 21.0. The van der Waals surface area contributed by atoms with Crippen molar-refractivity contribution in [3.05, 3.63) is 77.2 Å². The molecule has 4 heterocycles. The van der Waals surface area contributed by atoms with E-state index in [0.717, 1.165) is 42.3 Å². The van der Waals surface area contributed by atoms with E-state index in [1.54, 1.807) is 12.4 Å². The van der Waals surface area contributed by atoms with Crippen LogP contribution in [0, 0.1) is 57.0 Å². The molecule has 0 aromatic carbocycles. The predicted molar refractivity (Wildman–Crippen MR) is 128 cm³/mol. The molecule has 1 amide bonds. The van der Waals surface area contributed by atoms with Crippen molar-refractivity contribution in [2.24, 2.45) is 5.92 Å². The van der Waals surface area contributed by atoms with Gasteiger partial charge in [0, 0.05) is 17.8 Å². The molecule has 3 unspecified atom stereocenters. The number of nitrogens with zero attached hydrogens (tertiary/aromatic N) is 5. The number of amides is 1. The fourth-order valence-corrected chi connectivity index (χ4v) is 4.95. The van der Waals surface area contributed by atoms with Crippen LogP contribution in [0.15, 0.2) is 52.8 Å². The van der Waals surface area contributed by atoms with E-state index in [1.165, 1.54) is 10.4 Å². The van der Waals surface area contributed by atoms with Gasteiger partial charge in [0.05, 0.1) is 12.4 Å². The Hall–Kier alpha value is -1.49. The maximum Gasteiger partial charge on any atom is 2.00 e. The summed E-state index contributed by atoms with van der Waals surface area (Å²) in [6.45, 7) is 8.19. The summed E-state index contributed by atoms with van der Waals surface area (Å²) < 4.78 is 1.16. The van der Waals surface area contributed by atoms with Crippen molar-refractivity contribution >= 4 is 21.8 Å². The van der Waals surface area contributed by atoms with Crippen LogP contribution in [0.3, 0.4) is 0 Å². The maximum atomic E-state index is 13.1. The molecule has 8 heteroatoms. The number of hydrogen-bond donors (Lipinski definition) is 0. The van der Waals surface area contributed by atoms with Crippen molar-refractivity contribution in [1.82, 2.24) is 24.9 Å². The van der Waals surface area contributed by atoms with Gasteiger partial charge in [-0.25, -0.2) is 11.1 Å². The van der Waals surface area contributed by atoms with Crippen molar-refractivity contribution in [3.63, 3.8) is 0 Å². The Morgan fingerprint density at radius 1 is 1.21 bits per heavy atom. The van der Waals surface area contributed by atoms with Gasteiger partial charge in [-0.1, -0.05) is 39.8 Å². The molecule has 0 radical (unpaired) electrons. The van der Waals surface area contributed by atoms with Gasteiger partial charge in [0.15, 0.2) is 5.69 Å². The molecule has 3 aliphatic rings. The second-order valence-electron chi connectivity index (χ2n) is 8.53. The van der Waals surface area contributed by atoms with Gasteiger partial charge >= 0.3 is 31.1 Å². The molecule has 0 spiro atoms. The number of aryl methyl sites for hydroxylation is 1. The first-order valence-corrected chi connectivity index (χ1v) is 11.8. The van der Waals surface area contributed by atoms with Gasteiger partial charge in [-0.15, -0.1) is 10.7 Å². The SMILES string of the molecule is CC1=[C-]C=CC(Br)=CCC1.[CH2-]C1CC2CCC1N2C(=O)c1nc(C)ccc1-n1nccn1.[U+2]. The fraction of sp³-hybridized carbons (Fsp3) is 0.400. The largest absolute Gasteiger partial charge is 2.00 e. The summed E-state index contributed by atoms with van der Waals surface area (Å²) in [5.74, 6) is 0.313. The van der Waals surface area contributed by atoms with Gasteiger partial charge in [-0.3, -0.25) is 10.9 Å². The molecule has 2 aromatic heterocycles. The van der Waals surface area contributed by atoms with Crippen LogP contribution in [-0.4, -0.2) is 42.9 Å². The zero-order valence-electron chi connectivity index (χ0n) is 19.0. The van der Waals surface area contributed by atoms with Crippen LogP contribution in [0.5, 0.6) is 0 Å². The molecule has 170 valence electrons. The molecule has 33 heavy (non-hydrogen) atoms. The number of aromatic nitrogens is 4. The van der Waals surface area contributed by atoms with E-state index in [0.29, 0.717) is 23.3 Å². The standard InChI is InChI=1S/C16H18N5O.C9H10Br.U/c1-10-9-12-4-6-13(10)20(12)16(22)15-14(5-3-11(2)19-15)21-17-7-8-18-21;1-8-4-2-6-9(10)7-3-5-8;/h3,5,7-8,10,12-13H,1,4,6,9H2,2H3;2,6-7H,3,5H2,1H3;/q2*-1;+2.